The first-order chi connectivity index (χ1) is 17.3. The Morgan fingerprint density at radius 1 is 1.11 bits per heavy atom. The summed E-state index contributed by atoms with van der Waals surface area (Å²) in [4.78, 5) is 30.4. The van der Waals surface area contributed by atoms with Gasteiger partial charge in [0.1, 0.15) is 11.9 Å². The van der Waals surface area contributed by atoms with E-state index >= 15 is 0 Å². The molecular weight excluding hydrogens is 508 g/mol. The molecule has 0 saturated heterocycles. The summed E-state index contributed by atoms with van der Waals surface area (Å²) in [6, 6.07) is 9.13. The van der Waals surface area contributed by atoms with E-state index in [0.717, 1.165) is 37.5 Å². The van der Waals surface area contributed by atoms with Gasteiger partial charge in [0.25, 0.3) is 5.56 Å². The largest absolute Gasteiger partial charge is 0.488 e. The van der Waals surface area contributed by atoms with Gasteiger partial charge in [-0.1, -0.05) is 39.3 Å². The number of aryl methyl sites for hydroxylation is 2. The SMILES string of the molecule is Cc1cc(Cl)cc(-c2ccnc3cc(Cn4c(=O)ccn(C)c4=O)sc23)c1OC1C(C)(C)C(N)C1(C)C. The number of hydrogen-bond acceptors (Lipinski definition) is 6. The van der Waals surface area contributed by atoms with Crippen LogP contribution < -0.4 is 21.7 Å². The predicted molar refractivity (Wildman–Crippen MR) is 150 cm³/mol. The fourth-order valence-electron chi connectivity index (χ4n) is 5.85. The van der Waals surface area contributed by atoms with Crippen molar-refractivity contribution >= 4 is 33.2 Å². The van der Waals surface area contributed by atoms with Gasteiger partial charge >= 0.3 is 5.69 Å². The third-order valence-electron chi connectivity index (χ3n) is 7.74. The first kappa shape index (κ1) is 25.7. The minimum atomic E-state index is -0.358. The number of fused-ring (bicyclic) bond motifs is 1. The van der Waals surface area contributed by atoms with Gasteiger partial charge in [-0.05, 0) is 36.8 Å². The molecule has 1 aliphatic carbocycles. The van der Waals surface area contributed by atoms with Crippen LogP contribution in [0, 0.1) is 17.8 Å². The minimum Gasteiger partial charge on any atom is -0.488 e. The molecule has 0 radical (unpaired) electrons. The summed E-state index contributed by atoms with van der Waals surface area (Å²) in [7, 11) is 1.63. The zero-order chi connectivity index (χ0) is 26.9. The molecule has 0 amide bonds. The second kappa shape index (κ2) is 8.82. The Kier molecular flexibility index (Phi) is 6.13. The van der Waals surface area contributed by atoms with E-state index in [1.807, 2.05) is 31.2 Å². The number of hydrogen-bond donors (Lipinski definition) is 1. The van der Waals surface area contributed by atoms with Crippen molar-refractivity contribution in [3.8, 4) is 16.9 Å². The number of nitrogens with zero attached hydrogens (tertiary/aromatic N) is 3. The molecule has 0 unspecified atom stereocenters. The maximum absolute atomic E-state index is 12.6. The Balaban J connectivity index is 1.62. The number of rotatable bonds is 5. The highest BCUT2D eigenvalue weighted by Crippen LogP contribution is 2.55. The quantitative estimate of drug-likeness (QED) is 0.387. The van der Waals surface area contributed by atoms with Crippen LogP contribution in [0.2, 0.25) is 5.02 Å². The normalized spacial score (nSPS) is 20.1. The molecule has 4 aromatic rings. The van der Waals surface area contributed by atoms with E-state index in [1.165, 1.54) is 32.7 Å². The molecule has 7 nitrogen and oxygen atoms in total. The average molecular weight is 539 g/mol. The fourth-order valence-corrected chi connectivity index (χ4v) is 7.25. The third kappa shape index (κ3) is 4.11. The number of pyridine rings is 1. The van der Waals surface area contributed by atoms with Gasteiger partial charge in [-0.25, -0.2) is 4.79 Å². The van der Waals surface area contributed by atoms with Gasteiger partial charge in [0.2, 0.25) is 0 Å². The average Bonchev–Trinajstić information content (AvgIpc) is 3.25. The van der Waals surface area contributed by atoms with E-state index in [0.29, 0.717) is 5.02 Å². The van der Waals surface area contributed by atoms with Crippen LogP contribution in [0.5, 0.6) is 5.75 Å². The molecule has 1 fully saturated rings. The molecule has 0 atom stereocenters. The number of nitrogens with two attached hydrogens (primary N) is 1. The van der Waals surface area contributed by atoms with E-state index in [4.69, 9.17) is 22.1 Å². The van der Waals surface area contributed by atoms with Gasteiger partial charge in [-0.2, -0.15) is 0 Å². The lowest BCUT2D eigenvalue weighted by Gasteiger charge is -2.61. The molecule has 1 aromatic carbocycles. The molecule has 9 heteroatoms. The van der Waals surface area contributed by atoms with Gasteiger partial charge in [0.15, 0.2) is 0 Å². The standard InChI is InChI=1S/C28H31ClN4O3S/c1-15-11-16(29)12-19(22(15)36-25-27(2,3)24(30)28(25,4)5)18-7-9-31-20-13-17(37-23(18)20)14-33-21(34)8-10-32(6)26(33)35/h7-13,24-25H,14,30H2,1-6H3. The Morgan fingerprint density at radius 2 is 1.81 bits per heavy atom. The van der Waals surface area contributed by atoms with Crippen molar-refractivity contribution < 1.29 is 4.74 Å². The number of aromatic nitrogens is 3. The van der Waals surface area contributed by atoms with Crippen LogP contribution in [0.4, 0.5) is 0 Å². The second-order valence-corrected chi connectivity index (χ2v) is 12.7. The fraction of sp³-hybridized carbons (Fsp3) is 0.393. The molecular formula is C28H31ClN4O3S. The van der Waals surface area contributed by atoms with Crippen molar-refractivity contribution in [3.63, 3.8) is 0 Å². The number of thiophene rings is 1. The Morgan fingerprint density at radius 3 is 2.51 bits per heavy atom. The lowest BCUT2D eigenvalue weighted by Crippen LogP contribution is -2.73. The van der Waals surface area contributed by atoms with E-state index in [2.05, 4.69) is 32.7 Å². The first-order valence-corrected chi connectivity index (χ1v) is 13.4. The highest BCUT2D eigenvalue weighted by molar-refractivity contribution is 7.19. The predicted octanol–water partition coefficient (Wildman–Crippen LogP) is 4.97. The maximum Gasteiger partial charge on any atom is 0.331 e. The molecule has 0 aliphatic heterocycles. The third-order valence-corrected chi connectivity index (χ3v) is 9.10. The summed E-state index contributed by atoms with van der Waals surface area (Å²) in [5.74, 6) is 0.776. The molecule has 3 aromatic heterocycles. The molecule has 0 spiro atoms. The Labute approximate surface area is 224 Å². The van der Waals surface area contributed by atoms with Crippen molar-refractivity contribution in [2.75, 3.05) is 0 Å². The Bertz CT molecular complexity index is 1630. The molecule has 1 aliphatic rings. The van der Waals surface area contributed by atoms with E-state index in [9.17, 15) is 9.59 Å². The summed E-state index contributed by atoms with van der Waals surface area (Å²) in [5.41, 5.74) is 8.98. The zero-order valence-corrected chi connectivity index (χ0v) is 23.4. The van der Waals surface area contributed by atoms with Crippen LogP contribution in [-0.4, -0.2) is 26.3 Å². The monoisotopic (exact) mass is 538 g/mol. The number of halogens is 1. The highest BCUT2D eigenvalue weighted by Gasteiger charge is 2.62. The molecule has 3 heterocycles. The summed E-state index contributed by atoms with van der Waals surface area (Å²) >= 11 is 8.05. The van der Waals surface area contributed by atoms with Crippen LogP contribution in [0.3, 0.4) is 0 Å². The zero-order valence-electron chi connectivity index (χ0n) is 21.8. The molecule has 1 saturated carbocycles. The minimum absolute atomic E-state index is 0.0163. The van der Waals surface area contributed by atoms with Gasteiger partial charge in [-0.15, -0.1) is 11.3 Å². The van der Waals surface area contributed by atoms with Crippen LogP contribution in [0.25, 0.3) is 21.3 Å². The molecule has 0 bridgehead atoms. The van der Waals surface area contributed by atoms with Crippen molar-refractivity contribution in [2.45, 2.75) is 53.3 Å². The van der Waals surface area contributed by atoms with Gasteiger partial charge in [0.05, 0.1) is 16.8 Å². The maximum atomic E-state index is 12.6. The van der Waals surface area contributed by atoms with E-state index < -0.39 is 0 Å². The van der Waals surface area contributed by atoms with Gasteiger partial charge in [-0.3, -0.25) is 14.3 Å². The number of ether oxygens (including phenoxy) is 1. The summed E-state index contributed by atoms with van der Waals surface area (Å²) < 4.78 is 10.3. The topological polar surface area (TPSA) is 92.1 Å². The van der Waals surface area contributed by atoms with Crippen molar-refractivity contribution in [1.82, 2.24) is 14.1 Å². The molecule has 194 valence electrons. The lowest BCUT2D eigenvalue weighted by atomic mass is 9.50. The van der Waals surface area contributed by atoms with E-state index in [-0.39, 0.29) is 40.8 Å². The van der Waals surface area contributed by atoms with Crippen molar-refractivity contribution in [1.29, 1.82) is 0 Å². The summed E-state index contributed by atoms with van der Waals surface area (Å²) in [6.45, 7) is 10.7. The molecule has 5 rings (SSSR count). The van der Waals surface area contributed by atoms with Gasteiger partial charge < -0.3 is 15.0 Å². The number of benzene rings is 1. The smallest absolute Gasteiger partial charge is 0.331 e. The molecule has 37 heavy (non-hydrogen) atoms. The van der Waals surface area contributed by atoms with Crippen LogP contribution >= 0.6 is 22.9 Å². The Hall–Kier alpha value is -2.94. The van der Waals surface area contributed by atoms with Crippen LogP contribution in [0.15, 0.2) is 52.3 Å². The van der Waals surface area contributed by atoms with E-state index in [1.54, 1.807) is 13.2 Å². The summed E-state index contributed by atoms with van der Waals surface area (Å²) in [5, 5.41) is 0.616. The van der Waals surface area contributed by atoms with Crippen molar-refractivity contribution in [2.24, 2.45) is 23.6 Å². The summed E-state index contributed by atoms with van der Waals surface area (Å²) in [6.07, 6.45) is 3.16. The van der Waals surface area contributed by atoms with Crippen LogP contribution in [-0.2, 0) is 13.6 Å². The van der Waals surface area contributed by atoms with Gasteiger partial charge in [0, 0.05) is 63.4 Å². The first-order valence-electron chi connectivity index (χ1n) is 12.2. The van der Waals surface area contributed by atoms with Crippen LogP contribution in [0.1, 0.15) is 38.1 Å². The molecule has 2 N–H and O–H groups in total. The lowest BCUT2D eigenvalue weighted by molar-refractivity contribution is -0.155. The highest BCUT2D eigenvalue weighted by atomic mass is 35.5. The van der Waals surface area contributed by atoms with Crippen molar-refractivity contribution in [3.05, 3.63) is 79.0 Å². The second-order valence-electron chi connectivity index (χ2n) is 11.1.